The molecule has 0 atom stereocenters. The van der Waals surface area contributed by atoms with Crippen molar-refractivity contribution in [2.75, 3.05) is 20.3 Å². The summed E-state index contributed by atoms with van der Waals surface area (Å²) in [5.74, 6) is 0.903. The van der Waals surface area contributed by atoms with E-state index < -0.39 is 0 Å². The molecule has 0 spiro atoms. The average molecular weight is 251 g/mol. The van der Waals surface area contributed by atoms with Gasteiger partial charge in [0.2, 0.25) is 0 Å². The van der Waals surface area contributed by atoms with Crippen LogP contribution in [0, 0.1) is 5.92 Å². The van der Waals surface area contributed by atoms with Gasteiger partial charge < -0.3 is 14.6 Å². The molecule has 1 fully saturated rings. The van der Waals surface area contributed by atoms with Crippen molar-refractivity contribution in [3.8, 4) is 0 Å². The summed E-state index contributed by atoms with van der Waals surface area (Å²) in [6.07, 6.45) is 9.49. The van der Waals surface area contributed by atoms with Crippen LogP contribution in [0.3, 0.4) is 0 Å². The van der Waals surface area contributed by atoms with Crippen LogP contribution in [-0.4, -0.2) is 29.8 Å². The average Bonchev–Trinajstić information content (AvgIpc) is 2.84. The van der Waals surface area contributed by atoms with Gasteiger partial charge in [0, 0.05) is 32.4 Å². The quantitative estimate of drug-likeness (QED) is 0.789. The standard InChI is InChI=1S/C14H25N3O/c1-12-3-5-14(6-4-12)17-10-13(16-11-17)9-15-7-8-18-2/h10-12,14-15H,3-9H2,1-2H3. The first-order chi connectivity index (χ1) is 8.79. The van der Waals surface area contributed by atoms with E-state index in [2.05, 4.69) is 28.0 Å². The summed E-state index contributed by atoms with van der Waals surface area (Å²) in [6.45, 7) is 4.82. The predicted molar refractivity (Wildman–Crippen MR) is 72.5 cm³/mol. The molecule has 0 unspecified atom stereocenters. The first-order valence-electron chi connectivity index (χ1n) is 7.01. The van der Waals surface area contributed by atoms with Gasteiger partial charge in [0.05, 0.1) is 18.6 Å². The van der Waals surface area contributed by atoms with E-state index in [1.807, 2.05) is 6.33 Å². The van der Waals surface area contributed by atoms with Crippen LogP contribution in [0.15, 0.2) is 12.5 Å². The number of hydrogen-bond acceptors (Lipinski definition) is 3. The normalized spacial score (nSPS) is 24.3. The van der Waals surface area contributed by atoms with Gasteiger partial charge in [-0.15, -0.1) is 0 Å². The van der Waals surface area contributed by atoms with Gasteiger partial charge in [-0.25, -0.2) is 4.98 Å². The Morgan fingerprint density at radius 1 is 1.39 bits per heavy atom. The van der Waals surface area contributed by atoms with Crippen LogP contribution in [-0.2, 0) is 11.3 Å². The van der Waals surface area contributed by atoms with Crippen molar-refractivity contribution < 1.29 is 4.74 Å². The van der Waals surface area contributed by atoms with Gasteiger partial charge in [-0.2, -0.15) is 0 Å². The molecule has 0 radical (unpaired) electrons. The molecule has 1 aromatic rings. The van der Waals surface area contributed by atoms with Crippen LogP contribution in [0.25, 0.3) is 0 Å². The van der Waals surface area contributed by atoms with E-state index in [1.165, 1.54) is 25.7 Å². The lowest BCUT2D eigenvalue weighted by molar-refractivity contribution is 0.199. The third-order valence-corrected chi connectivity index (χ3v) is 3.85. The Bertz CT molecular complexity index is 343. The van der Waals surface area contributed by atoms with Crippen molar-refractivity contribution in [1.82, 2.24) is 14.9 Å². The predicted octanol–water partition coefficient (Wildman–Crippen LogP) is 2.37. The zero-order chi connectivity index (χ0) is 12.8. The van der Waals surface area contributed by atoms with Gasteiger partial charge in [-0.05, 0) is 31.6 Å². The minimum atomic E-state index is 0.668. The molecule has 1 aromatic heterocycles. The smallest absolute Gasteiger partial charge is 0.0952 e. The molecule has 18 heavy (non-hydrogen) atoms. The zero-order valence-corrected chi connectivity index (χ0v) is 11.6. The van der Waals surface area contributed by atoms with E-state index in [0.29, 0.717) is 6.04 Å². The molecule has 0 aliphatic heterocycles. The van der Waals surface area contributed by atoms with E-state index in [0.717, 1.165) is 31.3 Å². The Kier molecular flexibility index (Phi) is 5.20. The molecule has 0 bridgehead atoms. The second-order valence-corrected chi connectivity index (χ2v) is 5.40. The summed E-state index contributed by atoms with van der Waals surface area (Å²) in [5, 5.41) is 3.33. The SMILES string of the molecule is COCCNCc1cn(C2CCC(C)CC2)cn1. The van der Waals surface area contributed by atoms with Crippen LogP contribution < -0.4 is 5.32 Å². The molecule has 1 heterocycles. The fourth-order valence-corrected chi connectivity index (χ4v) is 2.60. The number of hydrogen-bond donors (Lipinski definition) is 1. The summed E-state index contributed by atoms with van der Waals surface area (Å²) in [4.78, 5) is 4.47. The maximum Gasteiger partial charge on any atom is 0.0952 e. The van der Waals surface area contributed by atoms with Crippen LogP contribution >= 0.6 is 0 Å². The molecule has 4 nitrogen and oxygen atoms in total. The number of rotatable bonds is 6. The third-order valence-electron chi connectivity index (χ3n) is 3.85. The van der Waals surface area contributed by atoms with Crippen LogP contribution in [0.2, 0.25) is 0 Å². The van der Waals surface area contributed by atoms with E-state index in [-0.39, 0.29) is 0 Å². The Balaban J connectivity index is 1.78. The largest absolute Gasteiger partial charge is 0.383 e. The highest BCUT2D eigenvalue weighted by atomic mass is 16.5. The number of aromatic nitrogens is 2. The molecule has 1 saturated carbocycles. The minimum Gasteiger partial charge on any atom is -0.383 e. The monoisotopic (exact) mass is 251 g/mol. The first kappa shape index (κ1) is 13.6. The van der Waals surface area contributed by atoms with E-state index in [9.17, 15) is 0 Å². The summed E-state index contributed by atoms with van der Waals surface area (Å²) in [5.41, 5.74) is 1.13. The fourth-order valence-electron chi connectivity index (χ4n) is 2.60. The molecule has 0 aromatic carbocycles. The van der Waals surface area contributed by atoms with Gasteiger partial charge in [-0.3, -0.25) is 0 Å². The van der Waals surface area contributed by atoms with E-state index in [1.54, 1.807) is 7.11 Å². The zero-order valence-electron chi connectivity index (χ0n) is 11.6. The maximum atomic E-state index is 5.00. The Labute approximate surface area is 110 Å². The Morgan fingerprint density at radius 2 is 2.17 bits per heavy atom. The van der Waals surface area contributed by atoms with Crippen molar-refractivity contribution in [2.45, 2.75) is 45.2 Å². The number of nitrogens with zero attached hydrogens (tertiary/aromatic N) is 2. The van der Waals surface area contributed by atoms with Crippen molar-refractivity contribution in [3.05, 3.63) is 18.2 Å². The Hall–Kier alpha value is -0.870. The molecule has 1 N–H and O–H groups in total. The Morgan fingerprint density at radius 3 is 2.89 bits per heavy atom. The second-order valence-electron chi connectivity index (χ2n) is 5.40. The van der Waals surface area contributed by atoms with Gasteiger partial charge in [0.25, 0.3) is 0 Å². The number of imidazole rings is 1. The molecule has 1 aliphatic rings. The van der Waals surface area contributed by atoms with Crippen molar-refractivity contribution in [1.29, 1.82) is 0 Å². The molecule has 1 aliphatic carbocycles. The summed E-state index contributed by atoms with van der Waals surface area (Å²) >= 11 is 0. The molecular formula is C14H25N3O. The van der Waals surface area contributed by atoms with Crippen molar-refractivity contribution >= 4 is 0 Å². The molecule has 0 saturated heterocycles. The topological polar surface area (TPSA) is 39.1 Å². The molecule has 0 amide bonds. The van der Waals surface area contributed by atoms with E-state index >= 15 is 0 Å². The van der Waals surface area contributed by atoms with Crippen molar-refractivity contribution in [2.24, 2.45) is 5.92 Å². The second kappa shape index (κ2) is 6.90. The number of ether oxygens (including phenoxy) is 1. The van der Waals surface area contributed by atoms with Crippen LogP contribution in [0.1, 0.15) is 44.3 Å². The van der Waals surface area contributed by atoms with Gasteiger partial charge in [-0.1, -0.05) is 6.92 Å². The highest BCUT2D eigenvalue weighted by Crippen LogP contribution is 2.31. The van der Waals surface area contributed by atoms with Gasteiger partial charge in [0.1, 0.15) is 0 Å². The summed E-state index contributed by atoms with van der Waals surface area (Å²) in [7, 11) is 1.72. The highest BCUT2D eigenvalue weighted by molar-refractivity contribution is 4.98. The lowest BCUT2D eigenvalue weighted by atomic mass is 9.87. The third kappa shape index (κ3) is 3.82. The summed E-state index contributed by atoms with van der Waals surface area (Å²) in [6, 6.07) is 0.668. The molecular weight excluding hydrogens is 226 g/mol. The summed E-state index contributed by atoms with van der Waals surface area (Å²) < 4.78 is 7.31. The van der Waals surface area contributed by atoms with Gasteiger partial charge >= 0.3 is 0 Å². The maximum absolute atomic E-state index is 5.00. The molecule has 4 heteroatoms. The van der Waals surface area contributed by atoms with Crippen LogP contribution in [0.5, 0.6) is 0 Å². The first-order valence-corrected chi connectivity index (χ1v) is 7.01. The fraction of sp³-hybridized carbons (Fsp3) is 0.786. The van der Waals surface area contributed by atoms with Crippen molar-refractivity contribution in [3.63, 3.8) is 0 Å². The molecule has 2 rings (SSSR count). The highest BCUT2D eigenvalue weighted by Gasteiger charge is 2.19. The lowest BCUT2D eigenvalue weighted by Gasteiger charge is -2.26. The van der Waals surface area contributed by atoms with E-state index in [4.69, 9.17) is 4.74 Å². The minimum absolute atomic E-state index is 0.668. The number of methoxy groups -OCH3 is 1. The van der Waals surface area contributed by atoms with Crippen LogP contribution in [0.4, 0.5) is 0 Å². The number of nitrogens with one attached hydrogen (secondary N) is 1. The lowest BCUT2D eigenvalue weighted by Crippen LogP contribution is -2.19. The molecule has 102 valence electrons. The van der Waals surface area contributed by atoms with Gasteiger partial charge in [0.15, 0.2) is 0 Å².